The summed E-state index contributed by atoms with van der Waals surface area (Å²) >= 11 is 1.60. The van der Waals surface area contributed by atoms with Crippen molar-refractivity contribution in [2.24, 2.45) is 0 Å². The lowest BCUT2D eigenvalue weighted by Gasteiger charge is -2.15. The number of nitrogens with one attached hydrogen (secondary N) is 1. The van der Waals surface area contributed by atoms with Gasteiger partial charge in [-0.15, -0.1) is 11.3 Å². The predicted octanol–water partition coefficient (Wildman–Crippen LogP) is 5.06. The molecule has 0 unspecified atom stereocenters. The molecule has 0 radical (unpaired) electrons. The first-order chi connectivity index (χ1) is 15.5. The molecule has 1 N–H and O–H groups in total. The monoisotopic (exact) mass is 446 g/mol. The highest BCUT2D eigenvalue weighted by Gasteiger charge is 2.21. The Kier molecular flexibility index (Phi) is 5.22. The average Bonchev–Trinajstić information content (AvgIpc) is 3.55. The Morgan fingerprint density at radius 3 is 2.50 bits per heavy atom. The third kappa shape index (κ3) is 3.78. The molecule has 7 nitrogen and oxygen atoms in total. The number of aryl methyl sites for hydroxylation is 2. The Bertz CT molecular complexity index is 1320. The van der Waals surface area contributed by atoms with E-state index in [0.29, 0.717) is 39.3 Å². The number of carbonyl (C=O) groups is 2. The van der Waals surface area contributed by atoms with E-state index >= 15 is 0 Å². The van der Waals surface area contributed by atoms with Gasteiger partial charge in [0.15, 0.2) is 0 Å². The third-order valence-electron chi connectivity index (χ3n) is 5.64. The fraction of sp³-hybridized carbons (Fsp3) is 0.250. The molecule has 8 heteroatoms. The second-order valence-electron chi connectivity index (χ2n) is 7.94. The molecule has 0 spiro atoms. The maximum atomic E-state index is 13.2. The van der Waals surface area contributed by atoms with Crippen LogP contribution in [0.25, 0.3) is 21.7 Å². The van der Waals surface area contributed by atoms with Gasteiger partial charge < -0.3 is 14.7 Å². The summed E-state index contributed by atoms with van der Waals surface area (Å²) in [6.45, 7) is 5.42. The molecule has 1 aromatic carbocycles. The normalized spacial score (nSPS) is 13.6. The van der Waals surface area contributed by atoms with Gasteiger partial charge in [0.1, 0.15) is 0 Å². The number of carbonyl (C=O) groups excluding carboxylic acids is 2. The highest BCUT2D eigenvalue weighted by Crippen LogP contribution is 2.31. The van der Waals surface area contributed by atoms with Crippen molar-refractivity contribution in [2.75, 3.05) is 18.4 Å². The first-order valence-electron chi connectivity index (χ1n) is 10.5. The van der Waals surface area contributed by atoms with Crippen LogP contribution in [0.2, 0.25) is 0 Å². The van der Waals surface area contributed by atoms with Crippen LogP contribution in [0.3, 0.4) is 0 Å². The molecule has 1 aliphatic heterocycles. The number of likely N-dealkylation sites (tertiary alicyclic amines) is 1. The Labute approximate surface area is 189 Å². The minimum Gasteiger partial charge on any atom is -0.339 e. The summed E-state index contributed by atoms with van der Waals surface area (Å²) in [5.41, 5.74) is 3.30. The van der Waals surface area contributed by atoms with E-state index in [2.05, 4.69) is 15.5 Å². The molecule has 0 atom stereocenters. The van der Waals surface area contributed by atoms with E-state index in [1.54, 1.807) is 48.6 Å². The second kappa shape index (κ2) is 8.20. The zero-order chi connectivity index (χ0) is 22.2. The lowest BCUT2D eigenvalue weighted by Crippen LogP contribution is -2.27. The lowest BCUT2D eigenvalue weighted by atomic mass is 10.1. The van der Waals surface area contributed by atoms with Crippen molar-refractivity contribution in [2.45, 2.75) is 26.7 Å². The first kappa shape index (κ1) is 20.4. The van der Waals surface area contributed by atoms with E-state index in [0.717, 1.165) is 35.7 Å². The Morgan fingerprint density at radius 1 is 1.06 bits per heavy atom. The van der Waals surface area contributed by atoms with Gasteiger partial charge >= 0.3 is 0 Å². The SMILES string of the molecule is Cc1ccc(-c2cc(C(=O)Nc3ccc(C(=O)N4CCCC4)cc3)c3c(C)noc3n2)s1. The van der Waals surface area contributed by atoms with E-state index in [-0.39, 0.29) is 11.8 Å². The van der Waals surface area contributed by atoms with Gasteiger partial charge in [0.2, 0.25) is 0 Å². The molecule has 4 aromatic rings. The number of amides is 2. The fourth-order valence-electron chi connectivity index (χ4n) is 3.97. The molecule has 4 heterocycles. The number of fused-ring (bicyclic) bond motifs is 1. The van der Waals surface area contributed by atoms with Gasteiger partial charge in [-0.25, -0.2) is 4.98 Å². The summed E-state index contributed by atoms with van der Waals surface area (Å²) in [7, 11) is 0. The van der Waals surface area contributed by atoms with Crippen LogP contribution in [0.5, 0.6) is 0 Å². The van der Waals surface area contributed by atoms with Gasteiger partial charge in [0.05, 0.1) is 27.2 Å². The van der Waals surface area contributed by atoms with Crippen LogP contribution in [0, 0.1) is 13.8 Å². The molecule has 0 bridgehead atoms. The second-order valence-corrected chi connectivity index (χ2v) is 9.23. The topological polar surface area (TPSA) is 88.3 Å². The molecule has 1 fully saturated rings. The largest absolute Gasteiger partial charge is 0.339 e. The summed E-state index contributed by atoms with van der Waals surface area (Å²) < 4.78 is 5.37. The molecule has 0 saturated carbocycles. The Balaban J connectivity index is 1.43. The van der Waals surface area contributed by atoms with Crippen molar-refractivity contribution in [1.29, 1.82) is 0 Å². The number of hydrogen-bond acceptors (Lipinski definition) is 6. The molecular weight excluding hydrogens is 424 g/mol. The van der Waals surface area contributed by atoms with E-state index in [1.807, 2.05) is 24.0 Å². The van der Waals surface area contributed by atoms with Gasteiger partial charge in [-0.1, -0.05) is 5.16 Å². The van der Waals surface area contributed by atoms with E-state index in [4.69, 9.17) is 4.52 Å². The number of nitrogens with zero attached hydrogens (tertiary/aromatic N) is 3. The highest BCUT2D eigenvalue weighted by atomic mass is 32.1. The summed E-state index contributed by atoms with van der Waals surface area (Å²) in [6, 6.07) is 12.8. The van der Waals surface area contributed by atoms with Crippen molar-refractivity contribution >= 4 is 39.9 Å². The summed E-state index contributed by atoms with van der Waals surface area (Å²) in [4.78, 5) is 34.3. The van der Waals surface area contributed by atoms with Crippen LogP contribution in [-0.4, -0.2) is 39.9 Å². The molecule has 162 valence electrons. The summed E-state index contributed by atoms with van der Waals surface area (Å²) in [5.74, 6) is -0.246. The van der Waals surface area contributed by atoms with Crippen molar-refractivity contribution in [3.05, 3.63) is 64.2 Å². The van der Waals surface area contributed by atoms with Crippen LogP contribution in [0.4, 0.5) is 5.69 Å². The minimum absolute atomic E-state index is 0.0344. The van der Waals surface area contributed by atoms with Gasteiger partial charge in [-0.2, -0.15) is 0 Å². The van der Waals surface area contributed by atoms with Gasteiger partial charge in [-0.05, 0) is 69.2 Å². The molecule has 5 rings (SSSR count). The summed E-state index contributed by atoms with van der Waals surface area (Å²) in [6.07, 6.45) is 2.10. The van der Waals surface area contributed by atoms with Crippen molar-refractivity contribution in [3.8, 4) is 10.6 Å². The van der Waals surface area contributed by atoms with Crippen LogP contribution < -0.4 is 5.32 Å². The Morgan fingerprint density at radius 2 is 1.81 bits per heavy atom. The number of benzene rings is 1. The average molecular weight is 447 g/mol. The van der Waals surface area contributed by atoms with Crippen LogP contribution in [0.1, 0.15) is 44.1 Å². The van der Waals surface area contributed by atoms with Crippen molar-refractivity contribution in [1.82, 2.24) is 15.0 Å². The molecule has 1 aliphatic rings. The molecule has 3 aromatic heterocycles. The zero-order valence-electron chi connectivity index (χ0n) is 17.8. The van der Waals surface area contributed by atoms with Crippen LogP contribution >= 0.6 is 11.3 Å². The van der Waals surface area contributed by atoms with Crippen LogP contribution in [0.15, 0.2) is 47.0 Å². The molecular formula is C24H22N4O3S. The van der Waals surface area contributed by atoms with E-state index < -0.39 is 0 Å². The number of anilines is 1. The predicted molar refractivity (Wildman–Crippen MR) is 124 cm³/mol. The minimum atomic E-state index is -0.281. The number of aromatic nitrogens is 2. The molecule has 0 aliphatic carbocycles. The van der Waals surface area contributed by atoms with E-state index in [9.17, 15) is 9.59 Å². The quantitative estimate of drug-likeness (QED) is 0.474. The van der Waals surface area contributed by atoms with Crippen molar-refractivity contribution < 1.29 is 14.1 Å². The zero-order valence-corrected chi connectivity index (χ0v) is 18.7. The van der Waals surface area contributed by atoms with E-state index in [1.165, 1.54) is 0 Å². The van der Waals surface area contributed by atoms with Crippen molar-refractivity contribution in [3.63, 3.8) is 0 Å². The number of thiophene rings is 1. The van der Waals surface area contributed by atoms with Gasteiger partial charge in [0, 0.05) is 29.2 Å². The van der Waals surface area contributed by atoms with Gasteiger partial charge in [-0.3, -0.25) is 9.59 Å². The standard InChI is InChI=1S/C24H22N4O3S/c1-14-5-10-20(32-14)19-13-18(21-15(2)27-31-23(21)26-19)22(29)25-17-8-6-16(7-9-17)24(30)28-11-3-4-12-28/h5-10,13H,3-4,11-12H2,1-2H3,(H,25,29). The molecule has 1 saturated heterocycles. The maximum absolute atomic E-state index is 13.2. The first-order valence-corrected chi connectivity index (χ1v) is 11.4. The number of pyridine rings is 1. The maximum Gasteiger partial charge on any atom is 0.259 e. The number of hydrogen-bond donors (Lipinski definition) is 1. The fourth-order valence-corrected chi connectivity index (χ4v) is 4.80. The van der Waals surface area contributed by atoms with Gasteiger partial charge in [0.25, 0.3) is 17.5 Å². The Hall–Kier alpha value is -3.52. The number of rotatable bonds is 4. The molecule has 32 heavy (non-hydrogen) atoms. The lowest BCUT2D eigenvalue weighted by molar-refractivity contribution is 0.0792. The third-order valence-corrected chi connectivity index (χ3v) is 6.66. The molecule has 2 amide bonds. The highest BCUT2D eigenvalue weighted by molar-refractivity contribution is 7.15. The van der Waals surface area contributed by atoms with Crippen LogP contribution in [-0.2, 0) is 0 Å². The smallest absolute Gasteiger partial charge is 0.259 e. The summed E-state index contributed by atoms with van der Waals surface area (Å²) in [5, 5.41) is 7.53.